The average Bonchev–Trinajstić information content (AvgIpc) is 3.06. The lowest BCUT2D eigenvalue weighted by Crippen LogP contribution is -2.22. The van der Waals surface area contributed by atoms with Crippen molar-refractivity contribution in [2.45, 2.75) is 20.4 Å². The third-order valence-electron chi connectivity index (χ3n) is 3.27. The third kappa shape index (κ3) is 4.95. The molecule has 2 aromatic rings. The van der Waals surface area contributed by atoms with E-state index in [0.29, 0.717) is 17.0 Å². The standard InChI is InChI=1S/C18H18N2O4/c1-12(10-17(22)19-11-16-4-3-9-24-16)18(23)20-15-7-5-14(6-8-15)13(2)21/h3-10H,11H2,1-2H3,(H,19,22)(H,20,23)/b12-10-. The van der Waals surface area contributed by atoms with Crippen LogP contribution < -0.4 is 10.6 Å². The second kappa shape index (κ2) is 7.92. The van der Waals surface area contributed by atoms with Crippen LogP contribution >= 0.6 is 0 Å². The zero-order chi connectivity index (χ0) is 17.5. The van der Waals surface area contributed by atoms with Crippen LogP contribution in [0.15, 0.2) is 58.7 Å². The number of hydrogen-bond acceptors (Lipinski definition) is 4. The lowest BCUT2D eigenvalue weighted by Gasteiger charge is -2.06. The molecule has 124 valence electrons. The van der Waals surface area contributed by atoms with E-state index in [1.54, 1.807) is 43.3 Å². The van der Waals surface area contributed by atoms with Gasteiger partial charge in [-0.2, -0.15) is 0 Å². The first-order valence-electron chi connectivity index (χ1n) is 7.36. The van der Waals surface area contributed by atoms with Crippen LogP contribution in [0.5, 0.6) is 0 Å². The highest BCUT2D eigenvalue weighted by atomic mass is 16.3. The molecule has 2 amide bonds. The lowest BCUT2D eigenvalue weighted by atomic mass is 10.1. The molecular weight excluding hydrogens is 308 g/mol. The molecule has 0 atom stereocenters. The minimum atomic E-state index is -0.390. The van der Waals surface area contributed by atoms with E-state index in [2.05, 4.69) is 10.6 Å². The van der Waals surface area contributed by atoms with Gasteiger partial charge in [0.15, 0.2) is 5.78 Å². The Morgan fingerprint density at radius 2 is 1.79 bits per heavy atom. The zero-order valence-corrected chi connectivity index (χ0v) is 13.5. The van der Waals surface area contributed by atoms with Crippen molar-refractivity contribution in [3.05, 3.63) is 65.6 Å². The number of rotatable bonds is 6. The Bertz CT molecular complexity index is 759. The van der Waals surface area contributed by atoms with Gasteiger partial charge in [-0.05, 0) is 50.2 Å². The summed E-state index contributed by atoms with van der Waals surface area (Å²) in [6.45, 7) is 3.28. The Balaban J connectivity index is 1.90. The predicted molar refractivity (Wildman–Crippen MR) is 89.4 cm³/mol. The summed E-state index contributed by atoms with van der Waals surface area (Å²) in [7, 11) is 0. The lowest BCUT2D eigenvalue weighted by molar-refractivity contribution is -0.117. The molecule has 6 heteroatoms. The molecule has 0 saturated carbocycles. The van der Waals surface area contributed by atoms with Crippen LogP contribution in [0, 0.1) is 0 Å². The molecule has 0 bridgehead atoms. The largest absolute Gasteiger partial charge is 0.467 e. The van der Waals surface area contributed by atoms with Crippen molar-refractivity contribution in [1.82, 2.24) is 5.32 Å². The number of carbonyl (C=O) groups is 3. The molecule has 1 heterocycles. The highest BCUT2D eigenvalue weighted by Gasteiger charge is 2.08. The van der Waals surface area contributed by atoms with Gasteiger partial charge in [-0.15, -0.1) is 0 Å². The van der Waals surface area contributed by atoms with Gasteiger partial charge < -0.3 is 15.1 Å². The van der Waals surface area contributed by atoms with E-state index < -0.39 is 5.91 Å². The molecule has 0 aliphatic rings. The fraction of sp³-hybridized carbons (Fsp3) is 0.167. The fourth-order valence-electron chi connectivity index (χ4n) is 1.92. The van der Waals surface area contributed by atoms with E-state index in [0.717, 1.165) is 0 Å². The molecule has 2 rings (SSSR count). The quantitative estimate of drug-likeness (QED) is 0.631. The summed E-state index contributed by atoms with van der Waals surface area (Å²) in [6.07, 6.45) is 2.75. The van der Waals surface area contributed by atoms with Crippen LogP contribution in [0.2, 0.25) is 0 Å². The summed E-state index contributed by atoms with van der Waals surface area (Å²) in [6, 6.07) is 10.0. The zero-order valence-electron chi connectivity index (χ0n) is 13.5. The average molecular weight is 326 g/mol. The topological polar surface area (TPSA) is 88.4 Å². The molecule has 0 spiro atoms. The van der Waals surface area contributed by atoms with E-state index in [1.165, 1.54) is 19.3 Å². The van der Waals surface area contributed by atoms with Crippen LogP contribution in [-0.4, -0.2) is 17.6 Å². The van der Waals surface area contributed by atoms with Crippen LogP contribution in [-0.2, 0) is 16.1 Å². The smallest absolute Gasteiger partial charge is 0.251 e. The van der Waals surface area contributed by atoms with Crippen molar-refractivity contribution in [1.29, 1.82) is 0 Å². The minimum Gasteiger partial charge on any atom is -0.467 e. The molecule has 6 nitrogen and oxygen atoms in total. The Morgan fingerprint density at radius 3 is 2.38 bits per heavy atom. The Labute approximate surface area is 139 Å². The molecule has 0 aliphatic carbocycles. The summed E-state index contributed by atoms with van der Waals surface area (Å²) >= 11 is 0. The maximum Gasteiger partial charge on any atom is 0.251 e. The Kier molecular flexibility index (Phi) is 5.68. The number of carbonyl (C=O) groups excluding carboxylic acids is 3. The Morgan fingerprint density at radius 1 is 1.08 bits per heavy atom. The maximum absolute atomic E-state index is 12.1. The second-order valence-electron chi connectivity index (χ2n) is 5.21. The van der Waals surface area contributed by atoms with Gasteiger partial charge in [0.05, 0.1) is 12.8 Å². The first-order chi connectivity index (χ1) is 11.5. The van der Waals surface area contributed by atoms with Gasteiger partial charge in [-0.1, -0.05) is 0 Å². The van der Waals surface area contributed by atoms with Crippen LogP contribution in [0.4, 0.5) is 5.69 Å². The van der Waals surface area contributed by atoms with Crippen molar-refractivity contribution in [2.75, 3.05) is 5.32 Å². The molecule has 0 radical (unpaired) electrons. The summed E-state index contributed by atoms with van der Waals surface area (Å²) in [5, 5.41) is 5.29. The summed E-state index contributed by atoms with van der Waals surface area (Å²) in [4.78, 5) is 35.0. The number of anilines is 1. The second-order valence-corrected chi connectivity index (χ2v) is 5.21. The number of benzene rings is 1. The highest BCUT2D eigenvalue weighted by Crippen LogP contribution is 2.11. The minimum absolute atomic E-state index is 0.0443. The maximum atomic E-state index is 12.1. The van der Waals surface area contributed by atoms with E-state index in [1.807, 2.05) is 0 Å². The summed E-state index contributed by atoms with van der Waals surface area (Å²) in [5.41, 5.74) is 1.38. The molecule has 0 fully saturated rings. The normalized spacial score (nSPS) is 11.0. The van der Waals surface area contributed by atoms with Gasteiger partial charge in [0.25, 0.3) is 5.91 Å². The predicted octanol–water partition coefficient (Wildman–Crippen LogP) is 2.68. The molecular formula is C18H18N2O4. The number of hydrogen-bond donors (Lipinski definition) is 2. The number of furan rings is 1. The first-order valence-corrected chi connectivity index (χ1v) is 7.36. The molecule has 0 saturated heterocycles. The molecule has 0 aliphatic heterocycles. The van der Waals surface area contributed by atoms with Crippen molar-refractivity contribution >= 4 is 23.3 Å². The van der Waals surface area contributed by atoms with Crippen molar-refractivity contribution in [3.8, 4) is 0 Å². The molecule has 1 aromatic carbocycles. The molecule has 1 aromatic heterocycles. The van der Waals surface area contributed by atoms with Gasteiger partial charge >= 0.3 is 0 Å². The van der Waals surface area contributed by atoms with E-state index >= 15 is 0 Å². The van der Waals surface area contributed by atoms with Crippen LogP contribution in [0.3, 0.4) is 0 Å². The first kappa shape index (κ1) is 17.2. The number of ketones is 1. The van der Waals surface area contributed by atoms with Gasteiger partial charge in [0, 0.05) is 22.9 Å². The van der Waals surface area contributed by atoms with Gasteiger partial charge in [-0.3, -0.25) is 14.4 Å². The monoisotopic (exact) mass is 326 g/mol. The highest BCUT2D eigenvalue weighted by molar-refractivity contribution is 6.07. The van der Waals surface area contributed by atoms with Crippen molar-refractivity contribution in [3.63, 3.8) is 0 Å². The van der Waals surface area contributed by atoms with Gasteiger partial charge in [0.2, 0.25) is 5.91 Å². The summed E-state index contributed by atoms with van der Waals surface area (Å²) < 4.78 is 5.10. The SMILES string of the molecule is CC(=O)c1ccc(NC(=O)/C(C)=C\C(=O)NCc2ccco2)cc1. The molecule has 0 unspecified atom stereocenters. The molecule has 24 heavy (non-hydrogen) atoms. The molecule has 2 N–H and O–H groups in total. The number of amides is 2. The fourth-order valence-corrected chi connectivity index (χ4v) is 1.92. The number of Topliss-reactive ketones (excluding diaryl/α,β-unsaturated/α-hetero) is 1. The van der Waals surface area contributed by atoms with Crippen molar-refractivity contribution in [2.24, 2.45) is 0 Å². The van der Waals surface area contributed by atoms with Crippen LogP contribution in [0.25, 0.3) is 0 Å². The summed E-state index contributed by atoms with van der Waals surface area (Å²) in [5.74, 6) is -0.189. The third-order valence-corrected chi connectivity index (χ3v) is 3.27. The van der Waals surface area contributed by atoms with Gasteiger partial charge in [0.1, 0.15) is 5.76 Å². The van der Waals surface area contributed by atoms with E-state index in [4.69, 9.17) is 4.42 Å². The van der Waals surface area contributed by atoms with Gasteiger partial charge in [-0.25, -0.2) is 0 Å². The Hall–Kier alpha value is -3.15. The van der Waals surface area contributed by atoms with E-state index in [-0.39, 0.29) is 23.8 Å². The van der Waals surface area contributed by atoms with E-state index in [9.17, 15) is 14.4 Å². The van der Waals surface area contributed by atoms with Crippen LogP contribution in [0.1, 0.15) is 30.0 Å². The van der Waals surface area contributed by atoms with Crippen molar-refractivity contribution < 1.29 is 18.8 Å². The number of nitrogens with one attached hydrogen (secondary N) is 2.